The van der Waals surface area contributed by atoms with Gasteiger partial charge >= 0.3 is 11.7 Å². The van der Waals surface area contributed by atoms with Crippen molar-refractivity contribution in [3.8, 4) is 33.4 Å². The summed E-state index contributed by atoms with van der Waals surface area (Å²) in [6, 6.07) is 9.47. The Bertz CT molecular complexity index is 2460. The molecule has 7 rings (SSSR count). The Morgan fingerprint density at radius 3 is 1.91 bits per heavy atom. The van der Waals surface area contributed by atoms with Crippen molar-refractivity contribution in [3.05, 3.63) is 68.0 Å². The largest absolute Gasteiger partial charge is 0.495 e. The van der Waals surface area contributed by atoms with E-state index in [4.69, 9.17) is 22.6 Å². The van der Waals surface area contributed by atoms with Gasteiger partial charge in [-0.25, -0.2) is 10.5 Å². The molecule has 0 fully saturated rings. The van der Waals surface area contributed by atoms with E-state index in [1.165, 1.54) is 63.1 Å². The van der Waals surface area contributed by atoms with Crippen molar-refractivity contribution in [2.45, 2.75) is 33.1 Å². The first-order valence-electron chi connectivity index (χ1n) is 14.1. The summed E-state index contributed by atoms with van der Waals surface area (Å²) < 4.78 is 16.5. The first-order valence-corrected chi connectivity index (χ1v) is 18.1. The second kappa shape index (κ2) is 11.0. The Labute approximate surface area is 290 Å². The summed E-state index contributed by atoms with van der Waals surface area (Å²) in [5.41, 5.74) is 4.63. The van der Waals surface area contributed by atoms with Crippen LogP contribution in [0.15, 0.2) is 39.8 Å². The second-order valence-corrected chi connectivity index (χ2v) is 16.9. The second-order valence-electron chi connectivity index (χ2n) is 11.7. The molecule has 5 aromatic heterocycles. The van der Waals surface area contributed by atoms with Gasteiger partial charge in [-0.05, 0) is 28.3 Å². The third-order valence-corrected chi connectivity index (χ3v) is 14.6. The maximum absolute atomic E-state index is 9.25. The van der Waals surface area contributed by atoms with Gasteiger partial charge in [0.15, 0.2) is 0 Å². The maximum atomic E-state index is 9.25. The predicted molar refractivity (Wildman–Crippen MR) is 196 cm³/mol. The molecule has 0 radical (unpaired) electrons. The molecule has 8 nitrogen and oxygen atoms in total. The number of aliphatic imine (C=N–C) groups is 2. The molecule has 0 amide bonds. The van der Waals surface area contributed by atoms with Crippen LogP contribution in [-0.2, 0) is 5.41 Å². The number of methoxy groups -OCH3 is 2. The minimum atomic E-state index is -0.323. The van der Waals surface area contributed by atoms with E-state index in [-0.39, 0.29) is 22.5 Å². The molecule has 0 bridgehead atoms. The maximum Gasteiger partial charge on any atom is 0.350 e. The molecule has 0 saturated heterocycles. The van der Waals surface area contributed by atoms with Crippen molar-refractivity contribution in [1.82, 2.24) is 0 Å². The monoisotopic (exact) mass is 706 g/mol. The SMILES string of the molecule is [C-]#[N+]C(C#N)=Nc1cc(OC)c(C2=CC3=C(c4sc5c(sc6cc(-c7sc(N=C(C#N)[N+]#[C-])cc7OC)sc65)c4C3(C)C)C2(C)C)s1. The zero-order chi connectivity index (χ0) is 33.4. The fourth-order valence-electron chi connectivity index (χ4n) is 6.34. The van der Waals surface area contributed by atoms with Crippen LogP contribution >= 0.6 is 56.7 Å². The molecular formula is C34H22N6O2S5. The van der Waals surface area contributed by atoms with E-state index in [0.29, 0.717) is 21.5 Å². The van der Waals surface area contributed by atoms with Crippen LogP contribution in [0.1, 0.15) is 43.0 Å². The molecule has 13 heteroatoms. The molecule has 0 unspecified atom stereocenters. The molecule has 230 valence electrons. The van der Waals surface area contributed by atoms with Crippen LogP contribution in [0.5, 0.6) is 11.5 Å². The van der Waals surface area contributed by atoms with E-state index in [1.54, 1.807) is 37.7 Å². The lowest BCUT2D eigenvalue weighted by atomic mass is 9.79. The smallest absolute Gasteiger partial charge is 0.350 e. The molecular weight excluding hydrogens is 685 g/mol. The summed E-state index contributed by atoms with van der Waals surface area (Å²) in [7, 11) is 3.25. The molecule has 0 N–H and O–H groups in total. The summed E-state index contributed by atoms with van der Waals surface area (Å²) in [6.07, 6.45) is 2.32. The number of amidine groups is 2. The van der Waals surface area contributed by atoms with Crippen LogP contribution in [0.25, 0.3) is 49.4 Å². The number of thiophene rings is 5. The summed E-state index contributed by atoms with van der Waals surface area (Å²) in [6.45, 7) is 23.5. The van der Waals surface area contributed by atoms with Gasteiger partial charge in [0.05, 0.1) is 43.0 Å². The van der Waals surface area contributed by atoms with Gasteiger partial charge in [0.25, 0.3) is 0 Å². The molecule has 2 aliphatic rings. The van der Waals surface area contributed by atoms with Gasteiger partial charge < -0.3 is 19.2 Å². The van der Waals surface area contributed by atoms with Gasteiger partial charge in [0.1, 0.15) is 23.6 Å². The van der Waals surface area contributed by atoms with Gasteiger partial charge in [-0.15, -0.1) is 34.0 Å². The molecule has 5 heterocycles. The highest BCUT2D eigenvalue weighted by molar-refractivity contribution is 7.40. The van der Waals surface area contributed by atoms with Gasteiger partial charge in [-0.2, -0.15) is 0 Å². The fraction of sp³-hybridized carbons (Fsp3) is 0.235. The molecule has 0 aliphatic heterocycles. The predicted octanol–water partition coefficient (Wildman–Crippen LogP) is 11.1. The third kappa shape index (κ3) is 4.51. The highest BCUT2D eigenvalue weighted by Crippen LogP contribution is 2.67. The van der Waals surface area contributed by atoms with Gasteiger partial charge in [0.2, 0.25) is 10.0 Å². The topological polar surface area (TPSA) is 99.5 Å². The lowest BCUT2D eigenvalue weighted by molar-refractivity contribution is 0.415. The summed E-state index contributed by atoms with van der Waals surface area (Å²) >= 11 is 8.28. The van der Waals surface area contributed by atoms with Gasteiger partial charge in [0, 0.05) is 32.5 Å². The lowest BCUT2D eigenvalue weighted by Gasteiger charge is -2.26. The molecule has 5 aromatic rings. The van der Waals surface area contributed by atoms with Crippen molar-refractivity contribution in [2.75, 3.05) is 14.2 Å². The van der Waals surface area contributed by atoms with E-state index >= 15 is 0 Å². The fourth-order valence-corrected chi connectivity index (χ4v) is 13.4. The minimum absolute atomic E-state index is 0.201. The van der Waals surface area contributed by atoms with Crippen molar-refractivity contribution < 1.29 is 9.47 Å². The molecule has 0 atom stereocenters. The zero-order valence-electron chi connectivity index (χ0n) is 25.9. The van der Waals surface area contributed by atoms with Crippen LogP contribution in [0, 0.1) is 41.2 Å². The standard InChI is InChI=1S/C34H22N6O2S5/c1-33(2)15-9-16(27-17(41-7)10-23(45-27)39-21(13-35)37-5)34(3,4)25(15)30-26(33)31-32(47-30)29-20(44-31)12-19(43-29)28-18(42-8)11-24(46-28)40-22(14-36)38-6/h9-12H,1-4,7-8H3. The van der Waals surface area contributed by atoms with Crippen LogP contribution in [-0.4, -0.2) is 25.9 Å². The number of ether oxygens (including phenoxy) is 2. The summed E-state index contributed by atoms with van der Waals surface area (Å²) in [5.74, 6) is 0.956. The van der Waals surface area contributed by atoms with E-state index < -0.39 is 0 Å². The average Bonchev–Trinajstić information content (AvgIpc) is 3.89. The van der Waals surface area contributed by atoms with Gasteiger partial charge in [-0.1, -0.05) is 79.6 Å². The molecule has 0 spiro atoms. The number of nitrogens with zero attached hydrogens (tertiary/aromatic N) is 6. The Balaban J connectivity index is 1.32. The number of hydrogen-bond donors (Lipinski definition) is 0. The average molecular weight is 707 g/mol. The van der Waals surface area contributed by atoms with E-state index in [9.17, 15) is 10.5 Å². The Hall–Kier alpha value is -4.60. The third-order valence-electron chi connectivity index (χ3n) is 8.48. The van der Waals surface area contributed by atoms with Crippen molar-refractivity contribution in [1.29, 1.82) is 10.5 Å². The van der Waals surface area contributed by atoms with Crippen LogP contribution in [0.4, 0.5) is 10.0 Å². The molecule has 0 aromatic carbocycles. The number of nitriles is 2. The number of rotatable bonds is 6. The van der Waals surface area contributed by atoms with Gasteiger partial charge in [-0.3, -0.25) is 0 Å². The van der Waals surface area contributed by atoms with E-state index in [2.05, 4.69) is 59.5 Å². The first kappa shape index (κ1) is 31.0. The quantitative estimate of drug-likeness (QED) is 0.0996. The highest BCUT2D eigenvalue weighted by Gasteiger charge is 2.51. The van der Waals surface area contributed by atoms with E-state index in [1.807, 2.05) is 34.8 Å². The van der Waals surface area contributed by atoms with Crippen LogP contribution in [0.2, 0.25) is 0 Å². The normalized spacial score (nSPS) is 16.4. The summed E-state index contributed by atoms with van der Waals surface area (Å²) in [5, 5.41) is 19.6. The van der Waals surface area contributed by atoms with E-state index in [0.717, 1.165) is 20.2 Å². The molecule has 2 aliphatic carbocycles. The summed E-state index contributed by atoms with van der Waals surface area (Å²) in [4.78, 5) is 19.1. The van der Waals surface area contributed by atoms with Crippen molar-refractivity contribution >= 4 is 108 Å². The van der Waals surface area contributed by atoms with Crippen LogP contribution in [0.3, 0.4) is 0 Å². The van der Waals surface area contributed by atoms with Crippen molar-refractivity contribution in [2.24, 2.45) is 15.4 Å². The minimum Gasteiger partial charge on any atom is -0.495 e. The lowest BCUT2D eigenvalue weighted by Crippen LogP contribution is -2.15. The zero-order valence-corrected chi connectivity index (χ0v) is 29.9. The Morgan fingerprint density at radius 2 is 1.34 bits per heavy atom. The van der Waals surface area contributed by atoms with Crippen molar-refractivity contribution in [3.63, 3.8) is 0 Å². The Morgan fingerprint density at radius 1 is 0.745 bits per heavy atom. The number of fused-ring (bicyclic) bond motifs is 6. The Kier molecular flexibility index (Phi) is 7.26. The van der Waals surface area contributed by atoms with Crippen LogP contribution < -0.4 is 9.47 Å². The molecule has 0 saturated carbocycles. The first-order chi connectivity index (χ1) is 22.5. The number of allylic oxidation sites excluding steroid dienone is 4. The highest BCUT2D eigenvalue weighted by atomic mass is 32.1. The molecule has 47 heavy (non-hydrogen) atoms. The number of hydrogen-bond acceptors (Lipinski definition) is 11.